The molecular formula is C10H15N3. The zero-order chi connectivity index (χ0) is 9.42. The maximum absolute atomic E-state index is 5.70. The molecule has 0 aromatic carbocycles. The van der Waals surface area contributed by atoms with E-state index < -0.39 is 0 Å². The average molecular weight is 177 g/mol. The lowest BCUT2D eigenvalue weighted by atomic mass is 10.1. The molecule has 3 heteroatoms. The van der Waals surface area contributed by atoms with Crippen molar-refractivity contribution in [3.05, 3.63) is 35.3 Å². The molecule has 0 radical (unpaired) electrons. The zero-order valence-electron chi connectivity index (χ0n) is 8.12. The third kappa shape index (κ3) is 1.16. The van der Waals surface area contributed by atoms with E-state index in [-0.39, 0.29) is 0 Å². The van der Waals surface area contributed by atoms with Gasteiger partial charge in [-0.15, -0.1) is 0 Å². The number of rotatable bonds is 1. The number of fused-ring (bicyclic) bond motifs is 1. The molecule has 0 atom stereocenters. The molecule has 0 aromatic heterocycles. The summed E-state index contributed by atoms with van der Waals surface area (Å²) in [6.45, 7) is 1.61. The first-order chi connectivity index (χ1) is 6.24. The summed E-state index contributed by atoms with van der Waals surface area (Å²) in [6.07, 6.45) is 6.26. The first-order valence-corrected chi connectivity index (χ1v) is 4.49. The van der Waals surface area contributed by atoms with Crippen LogP contribution in [-0.2, 0) is 0 Å². The van der Waals surface area contributed by atoms with E-state index in [2.05, 4.69) is 42.2 Å². The molecule has 0 unspecified atom stereocenters. The van der Waals surface area contributed by atoms with Gasteiger partial charge in [0.15, 0.2) is 0 Å². The van der Waals surface area contributed by atoms with Crippen molar-refractivity contribution in [2.24, 2.45) is 5.73 Å². The highest BCUT2D eigenvalue weighted by Gasteiger charge is 2.26. The van der Waals surface area contributed by atoms with Gasteiger partial charge in [0.2, 0.25) is 0 Å². The maximum Gasteiger partial charge on any atom is 0.0664 e. The second-order valence-corrected chi connectivity index (χ2v) is 3.52. The third-order valence-electron chi connectivity index (χ3n) is 2.58. The second-order valence-electron chi connectivity index (χ2n) is 3.52. The smallest absolute Gasteiger partial charge is 0.0664 e. The molecule has 0 aromatic rings. The van der Waals surface area contributed by atoms with Crippen LogP contribution in [0.5, 0.6) is 0 Å². The standard InChI is InChI=1S/C10H15N3/c1-12-5-3-4-9-10(12)8(6-11)7-13(9)2/h3-5H,6-7,11H2,1-2H3. The van der Waals surface area contributed by atoms with E-state index in [9.17, 15) is 0 Å². The summed E-state index contributed by atoms with van der Waals surface area (Å²) in [5.41, 5.74) is 9.59. The molecule has 3 nitrogen and oxygen atoms in total. The van der Waals surface area contributed by atoms with Crippen LogP contribution in [0.25, 0.3) is 0 Å². The van der Waals surface area contributed by atoms with E-state index >= 15 is 0 Å². The maximum atomic E-state index is 5.70. The Balaban J connectivity index is 2.44. The molecule has 0 saturated carbocycles. The fraction of sp³-hybridized carbons (Fsp3) is 0.400. The predicted octanol–water partition coefficient (Wildman–Crippen LogP) is 0.488. The lowest BCUT2D eigenvalue weighted by molar-refractivity contribution is 0.464. The second kappa shape index (κ2) is 2.92. The first-order valence-electron chi connectivity index (χ1n) is 4.49. The van der Waals surface area contributed by atoms with Crippen molar-refractivity contribution < 1.29 is 0 Å². The van der Waals surface area contributed by atoms with Gasteiger partial charge in [0.1, 0.15) is 0 Å². The van der Waals surface area contributed by atoms with E-state index in [0.29, 0.717) is 6.54 Å². The molecule has 2 aliphatic heterocycles. The van der Waals surface area contributed by atoms with Gasteiger partial charge in [-0.05, 0) is 17.7 Å². The number of nitrogens with two attached hydrogens (primary N) is 1. The van der Waals surface area contributed by atoms with Crippen LogP contribution in [0.3, 0.4) is 0 Å². The molecule has 0 bridgehead atoms. The number of likely N-dealkylation sites (N-methyl/N-ethyl adjacent to an activating group) is 2. The third-order valence-corrected chi connectivity index (χ3v) is 2.58. The van der Waals surface area contributed by atoms with Gasteiger partial charge in [0.05, 0.1) is 11.4 Å². The van der Waals surface area contributed by atoms with Crippen molar-refractivity contribution in [1.29, 1.82) is 0 Å². The van der Waals surface area contributed by atoms with Crippen molar-refractivity contribution in [1.82, 2.24) is 9.80 Å². The summed E-state index contributed by atoms with van der Waals surface area (Å²) in [5, 5.41) is 0. The highest BCUT2D eigenvalue weighted by Crippen LogP contribution is 2.30. The molecule has 0 fully saturated rings. The summed E-state index contributed by atoms with van der Waals surface area (Å²) >= 11 is 0. The van der Waals surface area contributed by atoms with E-state index in [1.807, 2.05) is 0 Å². The lowest BCUT2D eigenvalue weighted by Crippen LogP contribution is -2.19. The van der Waals surface area contributed by atoms with Crippen LogP contribution in [-0.4, -0.2) is 37.0 Å². The molecule has 0 spiro atoms. The Morgan fingerprint density at radius 3 is 2.92 bits per heavy atom. The van der Waals surface area contributed by atoms with Gasteiger partial charge in [-0.2, -0.15) is 0 Å². The Bertz CT molecular complexity index is 312. The van der Waals surface area contributed by atoms with E-state index in [4.69, 9.17) is 5.73 Å². The lowest BCUT2D eigenvalue weighted by Gasteiger charge is -2.24. The van der Waals surface area contributed by atoms with Gasteiger partial charge in [-0.3, -0.25) is 0 Å². The quantitative estimate of drug-likeness (QED) is 0.632. The molecule has 0 saturated heterocycles. The van der Waals surface area contributed by atoms with Crippen LogP contribution in [0, 0.1) is 0 Å². The van der Waals surface area contributed by atoms with Crippen LogP contribution in [0.1, 0.15) is 0 Å². The Morgan fingerprint density at radius 2 is 2.23 bits per heavy atom. The van der Waals surface area contributed by atoms with Crippen molar-refractivity contribution in [3.8, 4) is 0 Å². The number of hydrogen-bond acceptors (Lipinski definition) is 3. The van der Waals surface area contributed by atoms with Crippen molar-refractivity contribution in [2.45, 2.75) is 0 Å². The first kappa shape index (κ1) is 8.38. The molecule has 13 heavy (non-hydrogen) atoms. The van der Waals surface area contributed by atoms with Gasteiger partial charge in [0, 0.05) is 33.4 Å². The summed E-state index contributed by atoms with van der Waals surface area (Å²) in [4.78, 5) is 4.37. The van der Waals surface area contributed by atoms with Crippen LogP contribution >= 0.6 is 0 Å². The largest absolute Gasteiger partial charge is 0.369 e. The highest BCUT2D eigenvalue weighted by atomic mass is 15.2. The summed E-state index contributed by atoms with van der Waals surface area (Å²) in [6, 6.07) is 0. The minimum atomic E-state index is 0.648. The van der Waals surface area contributed by atoms with Gasteiger partial charge in [0.25, 0.3) is 0 Å². The Hall–Kier alpha value is -1.22. The highest BCUT2D eigenvalue weighted by molar-refractivity contribution is 5.45. The predicted molar refractivity (Wildman–Crippen MR) is 53.7 cm³/mol. The minimum Gasteiger partial charge on any atom is -0.369 e. The number of nitrogens with zero attached hydrogens (tertiary/aromatic N) is 2. The molecule has 0 amide bonds. The van der Waals surface area contributed by atoms with E-state index in [1.165, 1.54) is 17.0 Å². The fourth-order valence-electron chi connectivity index (χ4n) is 1.94. The Kier molecular flexibility index (Phi) is 1.88. The molecule has 2 rings (SSSR count). The fourth-order valence-corrected chi connectivity index (χ4v) is 1.94. The monoisotopic (exact) mass is 177 g/mol. The summed E-state index contributed by atoms with van der Waals surface area (Å²) in [5.74, 6) is 0. The molecular weight excluding hydrogens is 162 g/mol. The van der Waals surface area contributed by atoms with E-state index in [0.717, 1.165) is 6.54 Å². The molecule has 2 N–H and O–H groups in total. The summed E-state index contributed by atoms with van der Waals surface area (Å²) < 4.78 is 0. The Labute approximate surface area is 78.8 Å². The zero-order valence-corrected chi connectivity index (χ0v) is 8.12. The van der Waals surface area contributed by atoms with Gasteiger partial charge in [-0.25, -0.2) is 0 Å². The van der Waals surface area contributed by atoms with Gasteiger partial charge in [-0.1, -0.05) is 0 Å². The van der Waals surface area contributed by atoms with E-state index in [1.54, 1.807) is 0 Å². The van der Waals surface area contributed by atoms with Crippen LogP contribution in [0.4, 0.5) is 0 Å². The molecule has 2 heterocycles. The minimum absolute atomic E-state index is 0.648. The average Bonchev–Trinajstić information content (AvgIpc) is 2.45. The molecule has 0 aliphatic carbocycles. The molecule has 2 aliphatic rings. The number of hydrogen-bond donors (Lipinski definition) is 1. The topological polar surface area (TPSA) is 32.5 Å². The normalized spacial score (nSPS) is 21.0. The van der Waals surface area contributed by atoms with Crippen LogP contribution in [0.2, 0.25) is 0 Å². The SMILES string of the molecule is CN1C=CC=C2C1=C(CN)CN2C. The van der Waals surface area contributed by atoms with Crippen molar-refractivity contribution in [3.63, 3.8) is 0 Å². The van der Waals surface area contributed by atoms with Crippen LogP contribution in [0.15, 0.2) is 35.3 Å². The van der Waals surface area contributed by atoms with Crippen molar-refractivity contribution in [2.75, 3.05) is 27.2 Å². The van der Waals surface area contributed by atoms with Gasteiger partial charge >= 0.3 is 0 Å². The van der Waals surface area contributed by atoms with Crippen molar-refractivity contribution >= 4 is 0 Å². The Morgan fingerprint density at radius 1 is 1.46 bits per heavy atom. The van der Waals surface area contributed by atoms with Gasteiger partial charge < -0.3 is 15.5 Å². The number of allylic oxidation sites excluding steroid dienone is 2. The summed E-state index contributed by atoms with van der Waals surface area (Å²) in [7, 11) is 4.16. The van der Waals surface area contributed by atoms with Crippen LogP contribution < -0.4 is 5.73 Å². The molecule has 70 valence electrons.